The molecule has 0 aromatic heterocycles. The van der Waals surface area contributed by atoms with E-state index in [1.807, 2.05) is 0 Å². The van der Waals surface area contributed by atoms with Gasteiger partial charge in [0.25, 0.3) is 5.69 Å². The van der Waals surface area contributed by atoms with Crippen molar-refractivity contribution in [3.05, 3.63) is 33.9 Å². The maximum absolute atomic E-state index is 12.1. The number of hydrogen-bond acceptors (Lipinski definition) is 6. The maximum atomic E-state index is 12.1. The second kappa shape index (κ2) is 7.17. The van der Waals surface area contributed by atoms with Crippen LogP contribution in [0.15, 0.2) is 18.2 Å². The number of nitro benzene ring substituents is 1. The summed E-state index contributed by atoms with van der Waals surface area (Å²) >= 11 is 0. The van der Waals surface area contributed by atoms with E-state index in [0.29, 0.717) is 6.04 Å². The van der Waals surface area contributed by atoms with Gasteiger partial charge in [0.05, 0.1) is 23.3 Å². The van der Waals surface area contributed by atoms with Crippen molar-refractivity contribution >= 4 is 17.3 Å². The number of non-ortho nitro benzene ring substituents is 1. The molecule has 0 aliphatic carbocycles. The number of hydrogen-bond donors (Lipinski definition) is 0. The van der Waals surface area contributed by atoms with Crippen LogP contribution in [0, 0.1) is 10.1 Å². The number of nitro groups is 1. The van der Waals surface area contributed by atoms with Crippen LogP contribution in [0.25, 0.3) is 0 Å². The predicted octanol–water partition coefficient (Wildman–Crippen LogP) is 2.45. The summed E-state index contributed by atoms with van der Waals surface area (Å²) in [6, 6.07) is 4.94. The lowest BCUT2D eigenvalue weighted by Gasteiger charge is -2.39. The van der Waals surface area contributed by atoms with Gasteiger partial charge in [-0.2, -0.15) is 0 Å². The number of ether oxygens (including phenoxy) is 1. The number of nitrogens with zero attached hydrogens (tertiary/aromatic N) is 3. The average Bonchev–Trinajstić information content (AvgIpc) is 3.15. The summed E-state index contributed by atoms with van der Waals surface area (Å²) in [4.78, 5) is 27.3. The lowest BCUT2D eigenvalue weighted by molar-refractivity contribution is -0.384. The summed E-state index contributed by atoms with van der Waals surface area (Å²) in [7, 11) is 1.30. The van der Waals surface area contributed by atoms with E-state index in [4.69, 9.17) is 4.74 Å². The number of rotatable bonds is 4. The van der Waals surface area contributed by atoms with Crippen LogP contribution in [-0.4, -0.2) is 55.1 Å². The predicted molar refractivity (Wildman–Crippen MR) is 90.5 cm³/mol. The Morgan fingerprint density at radius 2 is 2.00 bits per heavy atom. The molecule has 1 aromatic rings. The normalized spacial score (nSPS) is 21.7. The Bertz CT molecular complexity index is 628. The number of methoxy groups -OCH3 is 1. The molecule has 3 rings (SSSR count). The van der Waals surface area contributed by atoms with Gasteiger partial charge in [-0.3, -0.25) is 15.0 Å². The summed E-state index contributed by atoms with van der Waals surface area (Å²) in [6.45, 7) is 3.99. The fourth-order valence-electron chi connectivity index (χ4n) is 3.77. The Morgan fingerprint density at radius 3 is 2.67 bits per heavy atom. The Labute approximate surface area is 141 Å². The van der Waals surface area contributed by atoms with E-state index < -0.39 is 10.9 Å². The van der Waals surface area contributed by atoms with Gasteiger partial charge < -0.3 is 9.64 Å². The van der Waals surface area contributed by atoms with Crippen LogP contribution in [0.4, 0.5) is 11.4 Å². The first-order valence-corrected chi connectivity index (χ1v) is 8.46. The van der Waals surface area contributed by atoms with Crippen molar-refractivity contribution in [1.82, 2.24) is 4.90 Å². The van der Waals surface area contributed by atoms with Crippen LogP contribution >= 0.6 is 0 Å². The lowest BCUT2D eigenvalue weighted by atomic mass is 10.0. The highest BCUT2D eigenvalue weighted by Gasteiger charge is 2.29. The third-order valence-corrected chi connectivity index (χ3v) is 4.99. The van der Waals surface area contributed by atoms with E-state index in [9.17, 15) is 14.9 Å². The number of carbonyl (C=O) groups is 1. The molecule has 0 saturated carbocycles. The minimum absolute atomic E-state index is 0.0905. The molecule has 2 saturated heterocycles. The van der Waals surface area contributed by atoms with Gasteiger partial charge in [-0.05, 0) is 44.8 Å². The van der Waals surface area contributed by atoms with Crippen molar-refractivity contribution in [1.29, 1.82) is 0 Å². The zero-order valence-electron chi connectivity index (χ0n) is 13.9. The number of piperidine rings is 1. The second-order valence-electron chi connectivity index (χ2n) is 6.44. The van der Waals surface area contributed by atoms with E-state index in [0.717, 1.165) is 44.7 Å². The minimum Gasteiger partial charge on any atom is -0.465 e. The third kappa shape index (κ3) is 3.36. The molecule has 0 radical (unpaired) electrons. The highest BCUT2D eigenvalue weighted by Crippen LogP contribution is 2.30. The highest BCUT2D eigenvalue weighted by atomic mass is 16.6. The molecule has 2 aliphatic heterocycles. The van der Waals surface area contributed by atoms with Crippen molar-refractivity contribution < 1.29 is 14.5 Å². The molecule has 0 amide bonds. The van der Waals surface area contributed by atoms with Gasteiger partial charge in [0.1, 0.15) is 0 Å². The van der Waals surface area contributed by atoms with Crippen molar-refractivity contribution in [2.75, 3.05) is 38.2 Å². The molecule has 0 unspecified atom stereocenters. The van der Waals surface area contributed by atoms with Crippen molar-refractivity contribution in [2.45, 2.75) is 31.7 Å². The van der Waals surface area contributed by atoms with Gasteiger partial charge in [0, 0.05) is 31.3 Å². The van der Waals surface area contributed by atoms with E-state index >= 15 is 0 Å². The summed E-state index contributed by atoms with van der Waals surface area (Å²) in [5.41, 5.74) is 0.914. The molecular formula is C17H23N3O4. The van der Waals surface area contributed by atoms with Crippen LogP contribution in [0.2, 0.25) is 0 Å². The molecule has 130 valence electrons. The monoisotopic (exact) mass is 333 g/mol. The third-order valence-electron chi connectivity index (χ3n) is 4.99. The van der Waals surface area contributed by atoms with Gasteiger partial charge in [-0.25, -0.2) is 4.79 Å². The molecular weight excluding hydrogens is 310 g/mol. The van der Waals surface area contributed by atoms with Crippen molar-refractivity contribution in [3.8, 4) is 0 Å². The van der Waals surface area contributed by atoms with Gasteiger partial charge >= 0.3 is 5.97 Å². The van der Waals surface area contributed by atoms with Crippen molar-refractivity contribution in [3.63, 3.8) is 0 Å². The number of benzene rings is 1. The molecule has 7 heteroatoms. The molecule has 0 N–H and O–H groups in total. The van der Waals surface area contributed by atoms with Crippen LogP contribution in [0.3, 0.4) is 0 Å². The summed E-state index contributed by atoms with van der Waals surface area (Å²) in [6.07, 6.45) is 4.72. The molecule has 0 spiro atoms. The van der Waals surface area contributed by atoms with Gasteiger partial charge in [-0.15, -0.1) is 0 Å². The van der Waals surface area contributed by atoms with Crippen molar-refractivity contribution in [2.24, 2.45) is 0 Å². The lowest BCUT2D eigenvalue weighted by Crippen LogP contribution is -2.47. The number of likely N-dealkylation sites (tertiary alicyclic amines) is 1. The Kier molecular flexibility index (Phi) is 4.99. The standard InChI is InChI=1S/C17H23N3O4/c1-24-17(21)15-11-13(20(22)23)6-7-16(15)19-10-4-5-14(12-19)18-8-2-3-9-18/h6-7,11,14H,2-5,8-10,12H2,1H3/t14-/m0/s1. The van der Waals surface area contributed by atoms with Gasteiger partial charge in [0.2, 0.25) is 0 Å². The Morgan fingerprint density at radius 1 is 1.25 bits per heavy atom. The molecule has 2 heterocycles. The van der Waals surface area contributed by atoms with Gasteiger partial charge in [-0.1, -0.05) is 0 Å². The van der Waals surface area contributed by atoms with Crippen LogP contribution < -0.4 is 4.90 Å². The van der Waals surface area contributed by atoms with Crippen LogP contribution in [-0.2, 0) is 4.74 Å². The largest absolute Gasteiger partial charge is 0.465 e. The summed E-state index contributed by atoms with van der Waals surface area (Å²) < 4.78 is 4.83. The zero-order chi connectivity index (χ0) is 17.1. The van der Waals surface area contributed by atoms with E-state index in [1.54, 1.807) is 6.07 Å². The molecule has 1 aromatic carbocycles. The van der Waals surface area contributed by atoms with E-state index in [-0.39, 0.29) is 11.3 Å². The Balaban J connectivity index is 1.86. The first kappa shape index (κ1) is 16.7. The smallest absolute Gasteiger partial charge is 0.340 e. The molecule has 0 bridgehead atoms. The Hall–Kier alpha value is -2.15. The number of carbonyl (C=O) groups excluding carboxylic acids is 1. The molecule has 2 fully saturated rings. The fraction of sp³-hybridized carbons (Fsp3) is 0.588. The first-order chi connectivity index (χ1) is 11.6. The summed E-state index contributed by atoms with van der Waals surface area (Å²) in [5, 5.41) is 11.0. The maximum Gasteiger partial charge on any atom is 0.340 e. The quantitative estimate of drug-likeness (QED) is 0.478. The molecule has 24 heavy (non-hydrogen) atoms. The number of esters is 1. The zero-order valence-corrected chi connectivity index (χ0v) is 13.9. The second-order valence-corrected chi connectivity index (χ2v) is 6.44. The first-order valence-electron chi connectivity index (χ1n) is 8.46. The average molecular weight is 333 g/mol. The molecule has 1 atom stereocenters. The SMILES string of the molecule is COC(=O)c1cc([N+](=O)[O-])ccc1N1CCC[C@H](N2CCCC2)C1. The summed E-state index contributed by atoms with van der Waals surface area (Å²) in [5.74, 6) is -0.531. The minimum atomic E-state index is -0.531. The van der Waals surface area contributed by atoms with Gasteiger partial charge in [0.15, 0.2) is 0 Å². The van der Waals surface area contributed by atoms with E-state index in [1.165, 1.54) is 32.1 Å². The molecule has 2 aliphatic rings. The molecule has 7 nitrogen and oxygen atoms in total. The highest BCUT2D eigenvalue weighted by molar-refractivity contribution is 5.96. The van der Waals surface area contributed by atoms with E-state index in [2.05, 4.69) is 9.80 Å². The fourth-order valence-corrected chi connectivity index (χ4v) is 3.77. The topological polar surface area (TPSA) is 75.9 Å². The van der Waals surface area contributed by atoms with Crippen LogP contribution in [0.1, 0.15) is 36.0 Å². The van der Waals surface area contributed by atoms with Crippen LogP contribution in [0.5, 0.6) is 0 Å². The number of anilines is 1.